The van der Waals surface area contributed by atoms with E-state index in [1.807, 2.05) is 0 Å². The van der Waals surface area contributed by atoms with E-state index in [9.17, 15) is 39.5 Å². The van der Waals surface area contributed by atoms with Crippen LogP contribution in [0.15, 0.2) is 0 Å². The topological polar surface area (TPSA) is 27.7 Å². The van der Waals surface area contributed by atoms with Gasteiger partial charge in [-0.25, -0.2) is 0 Å². The molecule has 0 saturated carbocycles. The van der Waals surface area contributed by atoms with Crippen molar-refractivity contribution in [2.45, 2.75) is 31.3 Å². The lowest BCUT2D eigenvalue weighted by Gasteiger charge is -2.26. The number of halogens is 9. The molecule has 0 aromatic carbocycles. The lowest BCUT2D eigenvalue weighted by atomic mass is 10.2. The van der Waals surface area contributed by atoms with Crippen LogP contribution in [0.4, 0.5) is 39.5 Å². The van der Waals surface area contributed by atoms with E-state index in [1.165, 1.54) is 0 Å². The van der Waals surface area contributed by atoms with Crippen LogP contribution in [-0.2, 0) is 14.2 Å². The summed E-state index contributed by atoms with van der Waals surface area (Å²) in [6.07, 6.45) is -21.6. The Bertz CT molecular complexity index is 268. The Morgan fingerprint density at radius 2 is 1.16 bits per heavy atom. The highest BCUT2D eigenvalue weighted by Crippen LogP contribution is 2.27. The minimum atomic E-state index is -5.48. The third-order valence-corrected chi connectivity index (χ3v) is 1.40. The largest absolute Gasteiger partial charge is 0.522 e. The molecule has 1 radical (unpaired) electrons. The molecule has 0 aromatic heterocycles. The van der Waals surface area contributed by atoms with E-state index in [2.05, 4.69) is 21.1 Å². The van der Waals surface area contributed by atoms with E-state index in [1.54, 1.807) is 0 Å². The average Bonchev–Trinajstić information content (AvgIpc) is 2.05. The molecule has 0 N–H and O–H groups in total. The molecule has 0 aliphatic carbocycles. The van der Waals surface area contributed by atoms with E-state index in [0.717, 1.165) is 0 Å². The second kappa shape index (κ2) is 6.13. The first kappa shape index (κ1) is 18.2. The van der Waals surface area contributed by atoms with Crippen molar-refractivity contribution in [3.63, 3.8) is 0 Å². The van der Waals surface area contributed by atoms with E-state index < -0.39 is 37.9 Å². The third kappa shape index (κ3) is 10.8. The molecule has 0 aromatic rings. The standard InChI is InChI=1S/C7H6F9O3/c1-3(18-6(11,12)13)4(19-7(14,15)16)2-17-5(8,9)10/h3-4H,1-2H2. The minimum Gasteiger partial charge on any atom is -0.289 e. The SMILES string of the molecule is [CH2]C(OC(F)(F)F)C(COC(F)(F)F)OC(F)(F)F. The second-order valence-electron chi connectivity index (χ2n) is 2.96. The molecule has 3 nitrogen and oxygen atoms in total. The minimum absolute atomic E-state index is 1.87. The predicted molar refractivity (Wildman–Crippen MR) is 39.2 cm³/mol. The van der Waals surface area contributed by atoms with Gasteiger partial charge in [-0.2, -0.15) is 0 Å². The van der Waals surface area contributed by atoms with E-state index in [4.69, 9.17) is 0 Å². The number of ether oxygens (including phenoxy) is 3. The molecule has 0 aliphatic heterocycles. The molecule has 0 heterocycles. The fraction of sp³-hybridized carbons (Fsp3) is 0.857. The normalized spacial score (nSPS) is 17.4. The summed E-state index contributed by atoms with van der Waals surface area (Å²) in [6.45, 7) is 0.626. The molecule has 0 bridgehead atoms. The molecular formula is C7H6F9O3. The first-order valence-electron chi connectivity index (χ1n) is 4.22. The summed E-state index contributed by atoms with van der Waals surface area (Å²) in [7, 11) is 0. The Morgan fingerprint density at radius 3 is 1.47 bits per heavy atom. The Balaban J connectivity index is 4.66. The summed E-state index contributed by atoms with van der Waals surface area (Å²) < 4.78 is 114. The maximum absolute atomic E-state index is 11.8. The van der Waals surface area contributed by atoms with Crippen LogP contribution in [0.1, 0.15) is 0 Å². The fourth-order valence-electron chi connectivity index (χ4n) is 0.813. The molecule has 0 amide bonds. The molecule has 0 spiro atoms. The maximum atomic E-state index is 11.8. The van der Waals surface area contributed by atoms with Crippen LogP contribution in [-0.4, -0.2) is 37.9 Å². The summed E-state index contributed by atoms with van der Waals surface area (Å²) in [4.78, 5) is 0. The lowest BCUT2D eigenvalue weighted by molar-refractivity contribution is -0.399. The van der Waals surface area contributed by atoms with Gasteiger partial charge in [-0.1, -0.05) is 0 Å². The molecular weight excluding hydrogens is 303 g/mol. The average molecular weight is 309 g/mol. The van der Waals surface area contributed by atoms with Gasteiger partial charge in [0.1, 0.15) is 6.10 Å². The molecule has 0 saturated heterocycles. The maximum Gasteiger partial charge on any atom is 0.522 e. The van der Waals surface area contributed by atoms with E-state index >= 15 is 0 Å². The van der Waals surface area contributed by atoms with Crippen LogP contribution < -0.4 is 0 Å². The summed E-state index contributed by atoms with van der Waals surface area (Å²) in [5.74, 6) is 0. The summed E-state index contributed by atoms with van der Waals surface area (Å²) in [5, 5.41) is 0. The number of hydrogen-bond acceptors (Lipinski definition) is 3. The second-order valence-corrected chi connectivity index (χ2v) is 2.96. The zero-order chi connectivity index (χ0) is 15.5. The van der Waals surface area contributed by atoms with Crippen molar-refractivity contribution in [1.82, 2.24) is 0 Å². The van der Waals surface area contributed by atoms with Crippen LogP contribution in [0.25, 0.3) is 0 Å². The van der Waals surface area contributed by atoms with Crippen LogP contribution in [0.3, 0.4) is 0 Å². The highest BCUT2D eigenvalue weighted by molar-refractivity contribution is 4.74. The smallest absolute Gasteiger partial charge is 0.289 e. The van der Waals surface area contributed by atoms with Crippen LogP contribution in [0, 0.1) is 6.92 Å². The highest BCUT2D eigenvalue weighted by atomic mass is 19.4. The Labute approximate surface area is 99.8 Å². The highest BCUT2D eigenvalue weighted by Gasteiger charge is 2.42. The summed E-state index contributed by atoms with van der Waals surface area (Å²) in [5.41, 5.74) is 0. The first-order valence-corrected chi connectivity index (χ1v) is 4.22. The van der Waals surface area contributed by atoms with Crippen molar-refractivity contribution in [3.05, 3.63) is 6.92 Å². The quantitative estimate of drug-likeness (QED) is 0.730. The van der Waals surface area contributed by atoms with Crippen molar-refractivity contribution in [2.75, 3.05) is 6.61 Å². The summed E-state index contributed by atoms with van der Waals surface area (Å²) >= 11 is 0. The molecule has 0 fully saturated rings. The van der Waals surface area contributed by atoms with Crippen molar-refractivity contribution < 1.29 is 53.7 Å². The van der Waals surface area contributed by atoms with Crippen LogP contribution in [0.2, 0.25) is 0 Å². The first-order chi connectivity index (χ1) is 8.20. The molecule has 2 unspecified atom stereocenters. The van der Waals surface area contributed by atoms with Gasteiger partial charge in [-0.15, -0.1) is 39.5 Å². The van der Waals surface area contributed by atoms with Crippen LogP contribution in [0.5, 0.6) is 0 Å². The van der Waals surface area contributed by atoms with Crippen LogP contribution >= 0.6 is 0 Å². The molecule has 2 atom stereocenters. The number of alkyl halides is 9. The van der Waals surface area contributed by atoms with Crippen molar-refractivity contribution >= 4 is 0 Å². The van der Waals surface area contributed by atoms with Gasteiger partial charge < -0.3 is 0 Å². The van der Waals surface area contributed by atoms with Gasteiger partial charge in [0.15, 0.2) is 0 Å². The predicted octanol–water partition coefficient (Wildman–Crippen LogP) is 3.17. The van der Waals surface area contributed by atoms with Gasteiger partial charge in [0.25, 0.3) is 0 Å². The van der Waals surface area contributed by atoms with E-state index in [-0.39, 0.29) is 0 Å². The van der Waals surface area contributed by atoms with Crippen molar-refractivity contribution in [3.8, 4) is 0 Å². The van der Waals surface area contributed by atoms with Crippen molar-refractivity contribution in [2.24, 2.45) is 0 Å². The Hall–Kier alpha value is -0.750. The Morgan fingerprint density at radius 1 is 0.737 bits per heavy atom. The van der Waals surface area contributed by atoms with Crippen molar-refractivity contribution in [1.29, 1.82) is 0 Å². The number of rotatable bonds is 5. The van der Waals surface area contributed by atoms with Gasteiger partial charge in [-0.3, -0.25) is 14.2 Å². The zero-order valence-corrected chi connectivity index (χ0v) is 8.70. The van der Waals surface area contributed by atoms with Gasteiger partial charge in [0.2, 0.25) is 0 Å². The summed E-state index contributed by atoms with van der Waals surface area (Å²) in [6, 6.07) is 0. The molecule has 19 heavy (non-hydrogen) atoms. The molecule has 115 valence electrons. The van der Waals surface area contributed by atoms with Gasteiger partial charge in [0, 0.05) is 0 Å². The third-order valence-electron chi connectivity index (χ3n) is 1.40. The number of hydrogen-bond donors (Lipinski definition) is 0. The van der Waals surface area contributed by atoms with Gasteiger partial charge in [-0.05, 0) is 6.92 Å². The molecule has 12 heteroatoms. The monoisotopic (exact) mass is 309 g/mol. The molecule has 0 rings (SSSR count). The lowest BCUT2D eigenvalue weighted by Crippen LogP contribution is -2.41. The zero-order valence-electron chi connectivity index (χ0n) is 8.70. The van der Waals surface area contributed by atoms with Gasteiger partial charge >= 0.3 is 19.1 Å². The van der Waals surface area contributed by atoms with E-state index in [0.29, 0.717) is 0 Å². The fourth-order valence-corrected chi connectivity index (χ4v) is 0.813. The Kier molecular flexibility index (Phi) is 5.89. The molecule has 0 aliphatic rings. The van der Waals surface area contributed by atoms with Gasteiger partial charge in [0.05, 0.1) is 12.7 Å².